The summed E-state index contributed by atoms with van der Waals surface area (Å²) in [5.41, 5.74) is 0.435. The fraction of sp³-hybridized carbons (Fsp3) is 0.571. The maximum Gasteiger partial charge on any atom is 0.133 e. The predicted octanol–water partition coefficient (Wildman–Crippen LogP) is 4.90. The van der Waals surface area contributed by atoms with Gasteiger partial charge in [0.2, 0.25) is 0 Å². The number of ether oxygens (including phenoxy) is 1. The summed E-state index contributed by atoms with van der Waals surface area (Å²) >= 11 is 0. The van der Waals surface area contributed by atoms with Crippen LogP contribution in [-0.4, -0.2) is 6.10 Å². The Balaban J connectivity index is 0.00000121. The van der Waals surface area contributed by atoms with Crippen molar-refractivity contribution in [2.75, 3.05) is 0 Å². The Labute approximate surface area is 103 Å². The van der Waals surface area contributed by atoms with Gasteiger partial charge in [-0.15, -0.1) is 0 Å². The highest BCUT2D eigenvalue weighted by molar-refractivity contribution is 5.37. The second-order valence-corrected chi connectivity index (χ2v) is 4.12. The number of hydrogen-bond donors (Lipinski definition) is 0. The van der Waals surface area contributed by atoms with Crippen LogP contribution >= 0.6 is 0 Å². The zero-order chi connectivity index (χ0) is 13.6. The van der Waals surface area contributed by atoms with Crippen LogP contribution in [0.4, 0.5) is 8.78 Å². The zero-order valence-corrected chi connectivity index (χ0v) is 11.5. The smallest absolute Gasteiger partial charge is 0.133 e. The molecule has 0 aliphatic carbocycles. The summed E-state index contributed by atoms with van der Waals surface area (Å²) in [4.78, 5) is 0. The van der Waals surface area contributed by atoms with Gasteiger partial charge in [-0.1, -0.05) is 27.7 Å². The van der Waals surface area contributed by atoms with E-state index in [0.29, 0.717) is 11.3 Å². The van der Waals surface area contributed by atoms with Gasteiger partial charge in [-0.2, -0.15) is 0 Å². The summed E-state index contributed by atoms with van der Waals surface area (Å²) in [7, 11) is 0. The van der Waals surface area contributed by atoms with Crippen LogP contribution in [0.15, 0.2) is 12.1 Å². The second-order valence-electron chi connectivity index (χ2n) is 4.12. The lowest BCUT2D eigenvalue weighted by Gasteiger charge is -2.17. The average Bonchev–Trinajstić information content (AvgIpc) is 2.17. The van der Waals surface area contributed by atoms with Gasteiger partial charge < -0.3 is 4.74 Å². The van der Waals surface area contributed by atoms with Crippen molar-refractivity contribution in [1.82, 2.24) is 0 Å². The van der Waals surface area contributed by atoms with Gasteiger partial charge >= 0.3 is 0 Å². The molecule has 0 fully saturated rings. The van der Waals surface area contributed by atoms with Gasteiger partial charge in [0.25, 0.3) is 0 Å². The molecule has 0 saturated carbocycles. The Bertz CT molecular complexity index is 346. The highest BCUT2D eigenvalue weighted by Crippen LogP contribution is 2.30. The van der Waals surface area contributed by atoms with Gasteiger partial charge in [0.1, 0.15) is 17.4 Å². The molecule has 98 valence electrons. The van der Waals surface area contributed by atoms with Crippen molar-refractivity contribution in [3.8, 4) is 5.75 Å². The molecule has 0 heterocycles. The molecule has 0 unspecified atom stereocenters. The fourth-order valence-electron chi connectivity index (χ4n) is 1.47. The van der Waals surface area contributed by atoms with E-state index in [0.717, 1.165) is 6.07 Å². The van der Waals surface area contributed by atoms with E-state index in [2.05, 4.69) is 0 Å². The third kappa shape index (κ3) is 4.72. The molecule has 0 aliphatic rings. The van der Waals surface area contributed by atoms with Crippen molar-refractivity contribution in [3.63, 3.8) is 0 Å². The van der Waals surface area contributed by atoms with Gasteiger partial charge in [-0.25, -0.2) is 8.78 Å². The topological polar surface area (TPSA) is 9.23 Å². The van der Waals surface area contributed by atoms with Gasteiger partial charge in [0.15, 0.2) is 0 Å². The molecule has 17 heavy (non-hydrogen) atoms. The molecule has 1 aromatic rings. The Morgan fingerprint density at radius 3 is 1.94 bits per heavy atom. The first-order valence-electron chi connectivity index (χ1n) is 6.07. The zero-order valence-electron chi connectivity index (χ0n) is 11.5. The fourth-order valence-corrected chi connectivity index (χ4v) is 1.47. The first kappa shape index (κ1) is 15.9. The van der Waals surface area contributed by atoms with Crippen LogP contribution in [0.1, 0.15) is 53.0 Å². The summed E-state index contributed by atoms with van der Waals surface area (Å²) in [6.07, 6.45) is -0.0938. The van der Waals surface area contributed by atoms with Gasteiger partial charge in [-0.3, -0.25) is 0 Å². The van der Waals surface area contributed by atoms with E-state index in [1.807, 2.05) is 41.5 Å². The van der Waals surface area contributed by atoms with E-state index in [9.17, 15) is 8.78 Å². The van der Waals surface area contributed by atoms with Crippen molar-refractivity contribution in [3.05, 3.63) is 29.3 Å². The molecule has 0 aromatic heterocycles. The van der Waals surface area contributed by atoms with Crippen molar-refractivity contribution >= 4 is 0 Å². The lowest BCUT2D eigenvalue weighted by atomic mass is 10.0. The molecule has 1 aromatic carbocycles. The van der Waals surface area contributed by atoms with E-state index in [4.69, 9.17) is 4.74 Å². The highest BCUT2D eigenvalue weighted by Gasteiger charge is 2.16. The molecule has 0 amide bonds. The quantitative estimate of drug-likeness (QED) is 0.734. The van der Waals surface area contributed by atoms with Crippen LogP contribution < -0.4 is 4.74 Å². The van der Waals surface area contributed by atoms with E-state index in [1.165, 1.54) is 6.07 Å². The Morgan fingerprint density at radius 1 is 1.00 bits per heavy atom. The van der Waals surface area contributed by atoms with Crippen LogP contribution in [0.2, 0.25) is 0 Å². The largest absolute Gasteiger partial charge is 0.490 e. The van der Waals surface area contributed by atoms with E-state index in [1.54, 1.807) is 0 Å². The maximum absolute atomic E-state index is 13.5. The molecule has 0 spiro atoms. The van der Waals surface area contributed by atoms with Crippen molar-refractivity contribution in [2.45, 2.75) is 53.6 Å². The van der Waals surface area contributed by atoms with Crippen molar-refractivity contribution in [2.24, 2.45) is 0 Å². The van der Waals surface area contributed by atoms with Crippen LogP contribution in [0.3, 0.4) is 0 Å². The lowest BCUT2D eigenvalue weighted by molar-refractivity contribution is 0.236. The molecular weight excluding hydrogens is 222 g/mol. The number of rotatable bonds is 3. The summed E-state index contributed by atoms with van der Waals surface area (Å²) in [6.45, 7) is 11.4. The average molecular weight is 244 g/mol. The van der Waals surface area contributed by atoms with Crippen LogP contribution in [0, 0.1) is 11.6 Å². The Hall–Kier alpha value is -1.12. The molecule has 1 rings (SSSR count). The standard InChI is InChI=1S/C12H16F2O.C2H6/c1-7(2)12-10(14)5-9(13)6-11(12)15-8(3)4;1-2/h5-8H,1-4H3;1-2H3. The summed E-state index contributed by atoms with van der Waals surface area (Å²) in [5.74, 6) is -0.870. The molecule has 0 radical (unpaired) electrons. The monoisotopic (exact) mass is 244 g/mol. The van der Waals surface area contributed by atoms with Crippen LogP contribution in [0.25, 0.3) is 0 Å². The molecule has 1 nitrogen and oxygen atoms in total. The molecule has 0 N–H and O–H groups in total. The Morgan fingerprint density at radius 2 is 1.53 bits per heavy atom. The van der Waals surface area contributed by atoms with Gasteiger partial charge in [0, 0.05) is 17.7 Å². The third-order valence-corrected chi connectivity index (χ3v) is 2.00. The number of hydrogen-bond acceptors (Lipinski definition) is 1. The molecular formula is C14H22F2O. The van der Waals surface area contributed by atoms with E-state index < -0.39 is 11.6 Å². The molecule has 0 saturated heterocycles. The van der Waals surface area contributed by atoms with Crippen LogP contribution in [-0.2, 0) is 0 Å². The first-order valence-corrected chi connectivity index (χ1v) is 6.07. The SMILES string of the molecule is CC.CC(C)Oc1cc(F)cc(F)c1C(C)C. The van der Waals surface area contributed by atoms with Gasteiger partial charge in [0.05, 0.1) is 6.10 Å². The first-order chi connectivity index (χ1) is 7.91. The minimum absolute atomic E-state index is 0.0284. The minimum atomic E-state index is -0.604. The van der Waals surface area contributed by atoms with E-state index in [-0.39, 0.29) is 12.0 Å². The summed E-state index contributed by atoms with van der Waals surface area (Å²) < 4.78 is 31.9. The normalized spacial score (nSPS) is 10.2. The van der Waals surface area contributed by atoms with Crippen molar-refractivity contribution < 1.29 is 13.5 Å². The summed E-state index contributed by atoms with van der Waals surface area (Å²) in [6, 6.07) is 2.13. The molecule has 3 heteroatoms. The maximum atomic E-state index is 13.5. The minimum Gasteiger partial charge on any atom is -0.490 e. The Kier molecular flexibility index (Phi) is 6.78. The van der Waals surface area contributed by atoms with Crippen molar-refractivity contribution in [1.29, 1.82) is 0 Å². The predicted molar refractivity (Wildman–Crippen MR) is 67.6 cm³/mol. The molecule has 0 atom stereocenters. The van der Waals surface area contributed by atoms with Crippen LogP contribution in [0.5, 0.6) is 5.75 Å². The van der Waals surface area contributed by atoms with Gasteiger partial charge in [-0.05, 0) is 19.8 Å². The van der Waals surface area contributed by atoms with E-state index >= 15 is 0 Å². The molecule has 0 aliphatic heterocycles. The number of benzene rings is 1. The summed E-state index contributed by atoms with van der Waals surface area (Å²) in [5, 5.41) is 0. The second kappa shape index (κ2) is 7.25. The lowest BCUT2D eigenvalue weighted by Crippen LogP contribution is -2.09. The number of halogens is 2. The third-order valence-electron chi connectivity index (χ3n) is 2.00. The molecule has 0 bridgehead atoms. The highest BCUT2D eigenvalue weighted by atomic mass is 19.1.